The van der Waals surface area contributed by atoms with Gasteiger partial charge < -0.3 is 20.0 Å². The molecule has 0 atom stereocenters. The number of carbonyl (C=O) groups excluding carboxylic acids is 1. The van der Waals surface area contributed by atoms with Gasteiger partial charge in [0.15, 0.2) is 11.6 Å². The molecule has 2 aromatic rings. The molecular formula is C19H25ClN6O. The average Bonchev–Trinajstić information content (AvgIpc) is 2.71. The minimum Gasteiger partial charge on any atom is -0.356 e. The van der Waals surface area contributed by atoms with Crippen LogP contribution in [-0.4, -0.2) is 60.4 Å². The normalized spacial score (nSPS) is 14.2. The van der Waals surface area contributed by atoms with E-state index in [9.17, 15) is 4.79 Å². The monoisotopic (exact) mass is 388 g/mol. The van der Waals surface area contributed by atoms with E-state index in [2.05, 4.69) is 39.2 Å². The van der Waals surface area contributed by atoms with E-state index in [4.69, 9.17) is 11.6 Å². The standard InChI is InChI=1S/C19H25ClN6O/c1-3-24(4-2)17-9-10-18(23-22-17)25-11-13-26(14-12-25)19(27)21-16-7-5-15(20)6-8-16/h5-10H,3-4,11-14H2,1-2H3,(H,21,27). The van der Waals surface area contributed by atoms with Gasteiger partial charge in [-0.15, -0.1) is 10.2 Å². The lowest BCUT2D eigenvalue weighted by molar-refractivity contribution is 0.208. The SMILES string of the molecule is CCN(CC)c1ccc(N2CCN(C(=O)Nc3ccc(Cl)cc3)CC2)nn1. The quantitative estimate of drug-likeness (QED) is 0.851. The molecule has 144 valence electrons. The van der Waals surface area contributed by atoms with Crippen molar-refractivity contribution in [2.75, 3.05) is 54.4 Å². The first kappa shape index (κ1) is 19.2. The van der Waals surface area contributed by atoms with Gasteiger partial charge in [-0.05, 0) is 50.2 Å². The van der Waals surface area contributed by atoms with E-state index >= 15 is 0 Å². The number of urea groups is 1. The molecule has 0 radical (unpaired) electrons. The van der Waals surface area contributed by atoms with E-state index in [1.165, 1.54) is 0 Å². The van der Waals surface area contributed by atoms with Crippen LogP contribution in [0.25, 0.3) is 0 Å². The summed E-state index contributed by atoms with van der Waals surface area (Å²) in [5, 5.41) is 12.3. The second-order valence-corrected chi connectivity index (χ2v) is 6.77. The Morgan fingerprint density at radius 2 is 1.70 bits per heavy atom. The number of benzene rings is 1. The summed E-state index contributed by atoms with van der Waals surface area (Å²) in [7, 11) is 0. The lowest BCUT2D eigenvalue weighted by Crippen LogP contribution is -2.50. The predicted octanol–water partition coefficient (Wildman–Crippen LogP) is 3.33. The van der Waals surface area contributed by atoms with Gasteiger partial charge in [0.25, 0.3) is 0 Å². The highest BCUT2D eigenvalue weighted by Crippen LogP contribution is 2.18. The van der Waals surface area contributed by atoms with Crippen LogP contribution in [0.15, 0.2) is 36.4 Å². The van der Waals surface area contributed by atoms with Gasteiger partial charge >= 0.3 is 6.03 Å². The number of nitrogens with zero attached hydrogens (tertiary/aromatic N) is 5. The third-order valence-corrected chi connectivity index (χ3v) is 4.96. The molecule has 0 saturated carbocycles. The molecule has 1 saturated heterocycles. The fourth-order valence-corrected chi connectivity index (χ4v) is 3.20. The van der Waals surface area contributed by atoms with Crippen molar-refractivity contribution < 1.29 is 4.79 Å². The molecule has 7 nitrogen and oxygen atoms in total. The second kappa shape index (κ2) is 8.90. The van der Waals surface area contributed by atoms with Gasteiger partial charge in [0, 0.05) is 50.0 Å². The molecule has 0 bridgehead atoms. The number of rotatable bonds is 5. The molecule has 27 heavy (non-hydrogen) atoms. The van der Waals surface area contributed by atoms with Crippen LogP contribution in [0.5, 0.6) is 0 Å². The van der Waals surface area contributed by atoms with Crippen LogP contribution in [0, 0.1) is 0 Å². The molecule has 3 rings (SSSR count). The highest BCUT2D eigenvalue weighted by molar-refractivity contribution is 6.30. The van der Waals surface area contributed by atoms with Crippen molar-refractivity contribution in [3.63, 3.8) is 0 Å². The maximum atomic E-state index is 12.4. The summed E-state index contributed by atoms with van der Waals surface area (Å²) in [5.74, 6) is 1.74. The Morgan fingerprint density at radius 1 is 1.04 bits per heavy atom. The highest BCUT2D eigenvalue weighted by atomic mass is 35.5. The maximum absolute atomic E-state index is 12.4. The van der Waals surface area contributed by atoms with Crippen LogP contribution in [0.1, 0.15) is 13.8 Å². The Kier molecular flexibility index (Phi) is 6.34. The molecule has 1 aliphatic rings. The molecule has 1 aromatic carbocycles. The number of amides is 2. The number of halogens is 1. The van der Waals surface area contributed by atoms with Crippen molar-refractivity contribution in [1.82, 2.24) is 15.1 Å². The Hall–Kier alpha value is -2.54. The minimum atomic E-state index is -0.0973. The lowest BCUT2D eigenvalue weighted by atomic mass is 10.3. The Bertz CT molecular complexity index is 740. The fourth-order valence-electron chi connectivity index (χ4n) is 3.08. The molecule has 1 aromatic heterocycles. The van der Waals surface area contributed by atoms with Gasteiger partial charge in [0.05, 0.1) is 0 Å². The molecule has 2 amide bonds. The maximum Gasteiger partial charge on any atom is 0.321 e. The van der Waals surface area contributed by atoms with Crippen LogP contribution < -0.4 is 15.1 Å². The van der Waals surface area contributed by atoms with Gasteiger partial charge in [-0.2, -0.15) is 0 Å². The van der Waals surface area contributed by atoms with Crippen LogP contribution in [0.3, 0.4) is 0 Å². The third-order valence-electron chi connectivity index (χ3n) is 4.71. The fraction of sp³-hybridized carbons (Fsp3) is 0.421. The van der Waals surface area contributed by atoms with Crippen molar-refractivity contribution in [3.05, 3.63) is 41.4 Å². The first-order chi connectivity index (χ1) is 13.1. The molecule has 1 N–H and O–H groups in total. The number of hydrogen-bond donors (Lipinski definition) is 1. The van der Waals surface area contributed by atoms with Gasteiger partial charge in [-0.25, -0.2) is 4.79 Å². The number of nitrogens with one attached hydrogen (secondary N) is 1. The molecule has 2 heterocycles. The Morgan fingerprint density at radius 3 is 2.26 bits per heavy atom. The Balaban J connectivity index is 1.53. The number of hydrogen-bond acceptors (Lipinski definition) is 5. The van der Waals surface area contributed by atoms with E-state index < -0.39 is 0 Å². The summed E-state index contributed by atoms with van der Waals surface area (Å²) in [5.41, 5.74) is 0.740. The zero-order chi connectivity index (χ0) is 19.2. The molecular weight excluding hydrogens is 364 g/mol. The zero-order valence-corrected chi connectivity index (χ0v) is 16.5. The first-order valence-corrected chi connectivity index (χ1v) is 9.63. The number of anilines is 3. The van der Waals surface area contributed by atoms with Crippen LogP contribution in [-0.2, 0) is 0 Å². The number of aromatic nitrogens is 2. The van der Waals surface area contributed by atoms with Crippen molar-refractivity contribution in [2.24, 2.45) is 0 Å². The zero-order valence-electron chi connectivity index (χ0n) is 15.7. The predicted molar refractivity (Wildman–Crippen MR) is 110 cm³/mol. The largest absolute Gasteiger partial charge is 0.356 e. The highest BCUT2D eigenvalue weighted by Gasteiger charge is 2.22. The minimum absolute atomic E-state index is 0.0973. The van der Waals surface area contributed by atoms with E-state index in [0.717, 1.165) is 43.5 Å². The topological polar surface area (TPSA) is 64.6 Å². The molecule has 0 spiro atoms. The van der Waals surface area contributed by atoms with Gasteiger partial charge in [0.1, 0.15) is 0 Å². The van der Waals surface area contributed by atoms with E-state index in [1.807, 2.05) is 17.0 Å². The van der Waals surface area contributed by atoms with Crippen LogP contribution in [0.4, 0.5) is 22.1 Å². The van der Waals surface area contributed by atoms with Crippen LogP contribution in [0.2, 0.25) is 5.02 Å². The van der Waals surface area contributed by atoms with Gasteiger partial charge in [-0.1, -0.05) is 11.6 Å². The molecule has 1 aliphatic heterocycles. The summed E-state index contributed by atoms with van der Waals surface area (Å²) in [6.45, 7) is 8.76. The first-order valence-electron chi connectivity index (χ1n) is 9.25. The number of carbonyl (C=O) groups is 1. The van der Waals surface area contributed by atoms with E-state index in [0.29, 0.717) is 18.1 Å². The van der Waals surface area contributed by atoms with Gasteiger partial charge in [0.2, 0.25) is 0 Å². The van der Waals surface area contributed by atoms with Crippen molar-refractivity contribution >= 4 is 35.0 Å². The molecule has 1 fully saturated rings. The third kappa shape index (κ3) is 4.80. The Labute approximate surface area is 164 Å². The summed E-state index contributed by atoms with van der Waals surface area (Å²) in [6.07, 6.45) is 0. The van der Waals surface area contributed by atoms with Gasteiger partial charge in [-0.3, -0.25) is 0 Å². The van der Waals surface area contributed by atoms with Crippen molar-refractivity contribution in [1.29, 1.82) is 0 Å². The summed E-state index contributed by atoms with van der Waals surface area (Å²) >= 11 is 5.87. The summed E-state index contributed by atoms with van der Waals surface area (Å²) < 4.78 is 0. The van der Waals surface area contributed by atoms with Crippen LogP contribution >= 0.6 is 11.6 Å². The molecule has 0 aliphatic carbocycles. The van der Waals surface area contributed by atoms with Crippen molar-refractivity contribution in [2.45, 2.75) is 13.8 Å². The summed E-state index contributed by atoms with van der Waals surface area (Å²) in [4.78, 5) is 18.5. The van der Waals surface area contributed by atoms with Crippen molar-refractivity contribution in [3.8, 4) is 0 Å². The van der Waals surface area contributed by atoms with E-state index in [-0.39, 0.29) is 6.03 Å². The molecule has 0 unspecified atom stereocenters. The smallest absolute Gasteiger partial charge is 0.321 e. The molecule has 8 heteroatoms. The average molecular weight is 389 g/mol. The number of piperazine rings is 1. The lowest BCUT2D eigenvalue weighted by Gasteiger charge is -2.35. The van der Waals surface area contributed by atoms with E-state index in [1.54, 1.807) is 24.3 Å². The summed E-state index contributed by atoms with van der Waals surface area (Å²) in [6, 6.07) is 11.0. The second-order valence-electron chi connectivity index (χ2n) is 6.33.